The SMILES string of the molecule is Fc1ccc(OCCCN2CC[CH]CC2)cc1. The Kier molecular flexibility index (Phi) is 4.80. The molecule has 0 atom stereocenters. The number of hydrogen-bond donors (Lipinski definition) is 0. The molecule has 1 heterocycles. The third-order valence-corrected chi connectivity index (χ3v) is 3.00. The van der Waals surface area contributed by atoms with Gasteiger partial charge in [0.25, 0.3) is 0 Å². The molecule has 17 heavy (non-hydrogen) atoms. The summed E-state index contributed by atoms with van der Waals surface area (Å²) < 4.78 is 18.2. The third kappa shape index (κ3) is 4.35. The Bertz CT molecular complexity index is 319. The molecule has 1 fully saturated rings. The van der Waals surface area contributed by atoms with E-state index in [-0.39, 0.29) is 5.82 Å². The van der Waals surface area contributed by atoms with E-state index in [0.29, 0.717) is 6.61 Å². The Labute approximate surface area is 102 Å². The molecule has 0 spiro atoms. The van der Waals surface area contributed by atoms with Crippen LogP contribution in [-0.2, 0) is 0 Å². The first-order chi connectivity index (χ1) is 8.34. The molecule has 1 aliphatic rings. The molecular weight excluding hydrogens is 217 g/mol. The largest absolute Gasteiger partial charge is 0.494 e. The van der Waals surface area contributed by atoms with Gasteiger partial charge in [0.15, 0.2) is 0 Å². The zero-order chi connectivity index (χ0) is 11.9. The second-order valence-electron chi connectivity index (χ2n) is 4.36. The number of likely N-dealkylation sites (tertiary alicyclic amines) is 1. The maximum absolute atomic E-state index is 12.7. The van der Waals surface area contributed by atoms with E-state index in [9.17, 15) is 4.39 Å². The lowest BCUT2D eigenvalue weighted by atomic mass is 10.1. The Hall–Kier alpha value is -1.09. The zero-order valence-corrected chi connectivity index (χ0v) is 10.1. The summed E-state index contributed by atoms with van der Waals surface area (Å²) in [6.07, 6.45) is 5.79. The molecule has 0 aromatic heterocycles. The average Bonchev–Trinajstić information content (AvgIpc) is 2.38. The lowest BCUT2D eigenvalue weighted by Crippen LogP contribution is -2.31. The van der Waals surface area contributed by atoms with Crippen molar-refractivity contribution in [3.05, 3.63) is 36.5 Å². The van der Waals surface area contributed by atoms with Gasteiger partial charge in [-0.2, -0.15) is 0 Å². The summed E-state index contributed by atoms with van der Waals surface area (Å²) in [5, 5.41) is 0. The fourth-order valence-corrected chi connectivity index (χ4v) is 2.04. The van der Waals surface area contributed by atoms with Crippen LogP contribution >= 0.6 is 0 Å². The van der Waals surface area contributed by atoms with Crippen LogP contribution in [0.1, 0.15) is 19.3 Å². The summed E-state index contributed by atoms with van der Waals surface area (Å²) in [4.78, 5) is 2.47. The first kappa shape index (κ1) is 12.4. The molecule has 1 aromatic carbocycles. The molecule has 3 heteroatoms. The van der Waals surface area contributed by atoms with Crippen LogP contribution in [0.15, 0.2) is 24.3 Å². The van der Waals surface area contributed by atoms with Crippen LogP contribution in [-0.4, -0.2) is 31.1 Å². The average molecular weight is 236 g/mol. The fraction of sp³-hybridized carbons (Fsp3) is 0.500. The Morgan fingerprint density at radius 3 is 2.53 bits per heavy atom. The predicted molar refractivity (Wildman–Crippen MR) is 66.5 cm³/mol. The van der Waals surface area contributed by atoms with Crippen molar-refractivity contribution in [2.45, 2.75) is 19.3 Å². The first-order valence-corrected chi connectivity index (χ1v) is 6.27. The van der Waals surface area contributed by atoms with Crippen molar-refractivity contribution in [3.63, 3.8) is 0 Å². The summed E-state index contributed by atoms with van der Waals surface area (Å²) in [5.41, 5.74) is 0. The van der Waals surface area contributed by atoms with Gasteiger partial charge in [-0.15, -0.1) is 0 Å². The van der Waals surface area contributed by atoms with Crippen LogP contribution in [0.4, 0.5) is 4.39 Å². The van der Waals surface area contributed by atoms with Crippen LogP contribution in [0.5, 0.6) is 5.75 Å². The van der Waals surface area contributed by atoms with E-state index in [1.807, 2.05) is 0 Å². The Morgan fingerprint density at radius 2 is 1.82 bits per heavy atom. The highest BCUT2D eigenvalue weighted by atomic mass is 19.1. The van der Waals surface area contributed by atoms with E-state index < -0.39 is 0 Å². The summed E-state index contributed by atoms with van der Waals surface area (Å²) >= 11 is 0. The Morgan fingerprint density at radius 1 is 1.12 bits per heavy atom. The van der Waals surface area contributed by atoms with Crippen molar-refractivity contribution < 1.29 is 9.13 Å². The highest BCUT2D eigenvalue weighted by Crippen LogP contribution is 2.12. The second-order valence-corrected chi connectivity index (χ2v) is 4.36. The van der Waals surface area contributed by atoms with Gasteiger partial charge in [0.1, 0.15) is 11.6 Å². The number of hydrogen-bond acceptors (Lipinski definition) is 2. The fourth-order valence-electron chi connectivity index (χ4n) is 2.04. The summed E-state index contributed by atoms with van der Waals surface area (Å²) in [6, 6.07) is 6.20. The molecular formula is C14H19FNO. The van der Waals surface area contributed by atoms with Crippen molar-refractivity contribution in [2.24, 2.45) is 0 Å². The number of piperidine rings is 1. The zero-order valence-electron chi connectivity index (χ0n) is 10.1. The number of halogens is 1. The molecule has 0 amide bonds. The maximum atomic E-state index is 12.7. The highest BCUT2D eigenvalue weighted by molar-refractivity contribution is 5.21. The molecule has 1 radical (unpaired) electrons. The van der Waals surface area contributed by atoms with Gasteiger partial charge in [-0.25, -0.2) is 4.39 Å². The van der Waals surface area contributed by atoms with Gasteiger partial charge in [0, 0.05) is 6.54 Å². The van der Waals surface area contributed by atoms with E-state index >= 15 is 0 Å². The van der Waals surface area contributed by atoms with Crippen LogP contribution < -0.4 is 4.74 Å². The normalized spacial score (nSPS) is 17.0. The van der Waals surface area contributed by atoms with Gasteiger partial charge in [0.2, 0.25) is 0 Å². The minimum Gasteiger partial charge on any atom is -0.494 e. The van der Waals surface area contributed by atoms with Crippen molar-refractivity contribution in [1.29, 1.82) is 0 Å². The van der Waals surface area contributed by atoms with Crippen LogP contribution in [0.2, 0.25) is 0 Å². The molecule has 1 aromatic rings. The second kappa shape index (κ2) is 6.60. The minimum absolute atomic E-state index is 0.220. The molecule has 2 rings (SSSR count). The highest BCUT2D eigenvalue weighted by Gasteiger charge is 2.09. The lowest BCUT2D eigenvalue weighted by Gasteiger charge is -2.26. The number of rotatable bonds is 5. The number of nitrogens with zero attached hydrogens (tertiary/aromatic N) is 1. The van der Waals surface area contributed by atoms with Crippen molar-refractivity contribution in [1.82, 2.24) is 4.90 Å². The van der Waals surface area contributed by atoms with Crippen molar-refractivity contribution in [2.75, 3.05) is 26.2 Å². The maximum Gasteiger partial charge on any atom is 0.123 e. The quantitative estimate of drug-likeness (QED) is 0.729. The van der Waals surface area contributed by atoms with E-state index in [0.717, 1.165) is 18.7 Å². The molecule has 0 bridgehead atoms. The summed E-state index contributed by atoms with van der Waals surface area (Å²) in [7, 11) is 0. The molecule has 2 nitrogen and oxygen atoms in total. The van der Waals surface area contributed by atoms with E-state index in [1.165, 1.54) is 38.1 Å². The van der Waals surface area contributed by atoms with E-state index in [4.69, 9.17) is 4.74 Å². The number of ether oxygens (including phenoxy) is 1. The van der Waals surface area contributed by atoms with E-state index in [1.54, 1.807) is 12.1 Å². The van der Waals surface area contributed by atoms with Crippen molar-refractivity contribution >= 4 is 0 Å². The molecule has 1 aliphatic heterocycles. The molecule has 0 aliphatic carbocycles. The van der Waals surface area contributed by atoms with Gasteiger partial charge in [-0.1, -0.05) is 0 Å². The smallest absolute Gasteiger partial charge is 0.123 e. The molecule has 1 saturated heterocycles. The summed E-state index contributed by atoms with van der Waals surface area (Å²) in [6.45, 7) is 4.15. The number of benzene rings is 1. The molecule has 0 saturated carbocycles. The van der Waals surface area contributed by atoms with Gasteiger partial charge in [0.05, 0.1) is 6.61 Å². The van der Waals surface area contributed by atoms with Crippen molar-refractivity contribution in [3.8, 4) is 5.75 Å². The third-order valence-electron chi connectivity index (χ3n) is 3.00. The van der Waals surface area contributed by atoms with Crippen LogP contribution in [0.25, 0.3) is 0 Å². The van der Waals surface area contributed by atoms with Gasteiger partial charge < -0.3 is 9.64 Å². The topological polar surface area (TPSA) is 12.5 Å². The molecule has 0 N–H and O–H groups in total. The standard InChI is InChI=1S/C14H19FNO/c15-13-5-7-14(8-6-13)17-12-4-11-16-9-2-1-3-10-16/h1,5-8H,2-4,9-12H2. The van der Waals surface area contributed by atoms with E-state index in [2.05, 4.69) is 11.3 Å². The first-order valence-electron chi connectivity index (χ1n) is 6.27. The predicted octanol–water partition coefficient (Wildman–Crippen LogP) is 2.89. The Balaban J connectivity index is 1.60. The van der Waals surface area contributed by atoms with Gasteiger partial charge in [-0.05, 0) is 63.0 Å². The minimum atomic E-state index is -0.220. The van der Waals surface area contributed by atoms with Gasteiger partial charge >= 0.3 is 0 Å². The van der Waals surface area contributed by atoms with Gasteiger partial charge in [-0.3, -0.25) is 0 Å². The van der Waals surface area contributed by atoms with Crippen LogP contribution in [0, 0.1) is 12.2 Å². The monoisotopic (exact) mass is 236 g/mol. The molecule has 93 valence electrons. The summed E-state index contributed by atoms with van der Waals surface area (Å²) in [5.74, 6) is 0.528. The lowest BCUT2D eigenvalue weighted by molar-refractivity contribution is 0.222. The molecule has 0 unspecified atom stereocenters. The van der Waals surface area contributed by atoms with Crippen LogP contribution in [0.3, 0.4) is 0 Å².